The van der Waals surface area contributed by atoms with Crippen molar-refractivity contribution in [1.29, 1.82) is 0 Å². The third-order valence-electron chi connectivity index (χ3n) is 4.64. The average Bonchev–Trinajstić information content (AvgIpc) is 3.08. The second-order valence-corrected chi connectivity index (χ2v) is 8.61. The van der Waals surface area contributed by atoms with E-state index in [2.05, 4.69) is 4.98 Å². The first-order valence-corrected chi connectivity index (χ1v) is 11.1. The first-order chi connectivity index (χ1) is 14.6. The van der Waals surface area contributed by atoms with Gasteiger partial charge in [0.2, 0.25) is 0 Å². The number of aryl methyl sites for hydroxylation is 1. The lowest BCUT2D eigenvalue weighted by Gasteiger charge is -2.21. The molecule has 1 aliphatic rings. The van der Waals surface area contributed by atoms with Gasteiger partial charge in [-0.05, 0) is 58.3 Å². The molecule has 0 amide bonds. The topological polar surface area (TPSA) is 112 Å². The molecule has 4 atom stereocenters. The van der Waals surface area contributed by atoms with Gasteiger partial charge in [-0.15, -0.1) is 11.3 Å². The number of ether oxygens (including phenoxy) is 3. The second kappa shape index (κ2) is 11.8. The lowest BCUT2D eigenvalue weighted by atomic mass is 10.0. The van der Waals surface area contributed by atoms with Crippen LogP contribution in [0, 0.1) is 6.92 Å². The molecule has 0 saturated carbocycles. The van der Waals surface area contributed by atoms with Crippen molar-refractivity contribution in [3.05, 3.63) is 33.8 Å². The Hall–Kier alpha value is -2.52. The Kier molecular flexibility index (Phi) is 9.39. The lowest BCUT2D eigenvalue weighted by molar-refractivity contribution is -0.154. The van der Waals surface area contributed by atoms with E-state index in [-0.39, 0.29) is 12.8 Å². The molecule has 1 N–H and O–H groups in total. The Morgan fingerprint density at radius 3 is 2.61 bits per heavy atom. The minimum atomic E-state index is -1.15. The standard InChI is InChI=1S/C22H29NO7S/c1-13(10-17-12-31-16(4)23-17)19-6-5-7-20(25)29-15(3)18(24)8-9-21(26)28-14(2)11-22(27)30-19/h8-10,12,14-15,18-19,24H,5-7,11H2,1-4H3/b9-8+,13-10+/t14-,15-,18+,19?/m0/s1. The van der Waals surface area contributed by atoms with Gasteiger partial charge in [0.15, 0.2) is 0 Å². The zero-order chi connectivity index (χ0) is 23.0. The van der Waals surface area contributed by atoms with E-state index in [0.717, 1.165) is 22.4 Å². The molecule has 1 aromatic rings. The van der Waals surface area contributed by atoms with Gasteiger partial charge in [0.05, 0.1) is 17.1 Å². The van der Waals surface area contributed by atoms with Crippen molar-refractivity contribution in [2.24, 2.45) is 0 Å². The molecule has 2 rings (SSSR count). The monoisotopic (exact) mass is 451 g/mol. The molecule has 0 saturated heterocycles. The molecule has 0 bridgehead atoms. The molecule has 0 spiro atoms. The van der Waals surface area contributed by atoms with Crippen LogP contribution in [0.3, 0.4) is 0 Å². The highest BCUT2D eigenvalue weighted by molar-refractivity contribution is 7.09. The van der Waals surface area contributed by atoms with Crippen molar-refractivity contribution < 1.29 is 33.7 Å². The quantitative estimate of drug-likeness (QED) is 0.539. The summed E-state index contributed by atoms with van der Waals surface area (Å²) in [5, 5.41) is 12.9. The largest absolute Gasteiger partial charge is 0.460 e. The van der Waals surface area contributed by atoms with E-state index in [1.807, 2.05) is 25.3 Å². The Bertz CT molecular complexity index is 845. The number of nitrogens with zero attached hydrogens (tertiary/aromatic N) is 1. The van der Waals surface area contributed by atoms with Gasteiger partial charge >= 0.3 is 17.9 Å². The van der Waals surface area contributed by atoms with Crippen LogP contribution in [-0.2, 0) is 28.6 Å². The molecule has 1 unspecified atom stereocenters. The molecule has 0 aromatic carbocycles. The molecule has 170 valence electrons. The van der Waals surface area contributed by atoms with Gasteiger partial charge in [0.25, 0.3) is 0 Å². The third-order valence-corrected chi connectivity index (χ3v) is 5.43. The number of hydrogen-bond acceptors (Lipinski definition) is 9. The number of esters is 3. The first-order valence-electron chi connectivity index (χ1n) is 10.2. The van der Waals surface area contributed by atoms with Gasteiger partial charge in [-0.25, -0.2) is 9.78 Å². The van der Waals surface area contributed by atoms with E-state index < -0.39 is 42.3 Å². The SMILES string of the molecule is C/C(=C\c1csc(C)n1)C1CCCC(=O)O[C@@H](C)[C@H](O)/C=C/C(=O)O[C@@H](C)CC(=O)O1. The van der Waals surface area contributed by atoms with E-state index in [4.69, 9.17) is 14.2 Å². The van der Waals surface area contributed by atoms with E-state index in [0.29, 0.717) is 12.8 Å². The number of rotatable bonds is 2. The van der Waals surface area contributed by atoms with E-state index in [9.17, 15) is 19.5 Å². The molecule has 0 radical (unpaired) electrons. The predicted octanol–water partition coefficient (Wildman–Crippen LogP) is 3.12. The Balaban J connectivity index is 2.17. The molecule has 9 heteroatoms. The number of carbonyl (C=O) groups is 3. The average molecular weight is 452 g/mol. The summed E-state index contributed by atoms with van der Waals surface area (Å²) in [7, 11) is 0. The van der Waals surface area contributed by atoms with Crippen LogP contribution in [0.25, 0.3) is 6.08 Å². The molecule has 0 fully saturated rings. The highest BCUT2D eigenvalue weighted by Crippen LogP contribution is 2.20. The fraction of sp³-hybridized carbons (Fsp3) is 0.545. The van der Waals surface area contributed by atoms with Gasteiger partial charge in [-0.1, -0.05) is 0 Å². The molecule has 2 heterocycles. The number of thiazole rings is 1. The summed E-state index contributed by atoms with van der Waals surface area (Å²) < 4.78 is 16.0. The molecule has 1 aliphatic heterocycles. The normalized spacial score (nSPS) is 28.4. The number of aliphatic hydroxyl groups is 1. The van der Waals surface area contributed by atoms with Crippen molar-refractivity contribution in [2.75, 3.05) is 0 Å². The Morgan fingerprint density at radius 2 is 1.94 bits per heavy atom. The predicted molar refractivity (Wildman–Crippen MR) is 115 cm³/mol. The van der Waals surface area contributed by atoms with Crippen LogP contribution in [0.4, 0.5) is 0 Å². The molecule has 31 heavy (non-hydrogen) atoms. The van der Waals surface area contributed by atoms with E-state index >= 15 is 0 Å². The van der Waals surface area contributed by atoms with Crippen molar-refractivity contribution >= 4 is 35.3 Å². The maximum absolute atomic E-state index is 12.4. The second-order valence-electron chi connectivity index (χ2n) is 7.55. The number of aromatic nitrogens is 1. The molecule has 1 aromatic heterocycles. The summed E-state index contributed by atoms with van der Waals surface area (Å²) in [6.07, 6.45) is 1.72. The van der Waals surface area contributed by atoms with Gasteiger partial charge < -0.3 is 19.3 Å². The molecular formula is C22H29NO7S. The van der Waals surface area contributed by atoms with Crippen LogP contribution in [0.15, 0.2) is 23.1 Å². The van der Waals surface area contributed by atoms with Gasteiger partial charge in [-0.2, -0.15) is 0 Å². The van der Waals surface area contributed by atoms with Crippen LogP contribution in [0.2, 0.25) is 0 Å². The Morgan fingerprint density at radius 1 is 1.19 bits per heavy atom. The minimum Gasteiger partial charge on any atom is -0.460 e. The summed E-state index contributed by atoms with van der Waals surface area (Å²) in [6.45, 7) is 6.88. The summed E-state index contributed by atoms with van der Waals surface area (Å²) >= 11 is 1.52. The highest BCUT2D eigenvalue weighted by Gasteiger charge is 2.22. The van der Waals surface area contributed by atoms with E-state index in [1.54, 1.807) is 6.92 Å². The summed E-state index contributed by atoms with van der Waals surface area (Å²) in [5.41, 5.74) is 1.57. The number of cyclic esters (lactones) is 3. The molecule has 0 aliphatic carbocycles. The fourth-order valence-corrected chi connectivity index (χ4v) is 3.54. The van der Waals surface area contributed by atoms with Crippen molar-refractivity contribution in [1.82, 2.24) is 4.98 Å². The minimum absolute atomic E-state index is 0.107. The molecule has 8 nitrogen and oxygen atoms in total. The number of carbonyl (C=O) groups excluding carboxylic acids is 3. The zero-order valence-corrected chi connectivity index (χ0v) is 19.0. The van der Waals surface area contributed by atoms with Gasteiger partial charge in [0.1, 0.15) is 24.4 Å². The van der Waals surface area contributed by atoms with Crippen LogP contribution >= 0.6 is 11.3 Å². The zero-order valence-electron chi connectivity index (χ0n) is 18.2. The summed E-state index contributed by atoms with van der Waals surface area (Å²) in [6, 6.07) is 0. The summed E-state index contributed by atoms with van der Waals surface area (Å²) in [5.74, 6) is -1.71. The lowest BCUT2D eigenvalue weighted by Crippen LogP contribution is -2.28. The smallest absolute Gasteiger partial charge is 0.330 e. The maximum atomic E-state index is 12.4. The number of hydrogen-bond donors (Lipinski definition) is 1. The number of aliphatic hydroxyl groups excluding tert-OH is 1. The van der Waals surface area contributed by atoms with Gasteiger partial charge in [-0.3, -0.25) is 9.59 Å². The van der Waals surface area contributed by atoms with Gasteiger partial charge in [0, 0.05) is 17.9 Å². The van der Waals surface area contributed by atoms with Crippen molar-refractivity contribution in [2.45, 2.75) is 77.8 Å². The van der Waals surface area contributed by atoms with Crippen LogP contribution in [0.1, 0.15) is 57.2 Å². The summed E-state index contributed by atoms with van der Waals surface area (Å²) in [4.78, 5) is 40.8. The highest BCUT2D eigenvalue weighted by atomic mass is 32.1. The first kappa shape index (κ1) is 24.7. The fourth-order valence-electron chi connectivity index (χ4n) is 2.97. The molecular weight excluding hydrogens is 422 g/mol. The third kappa shape index (κ3) is 8.63. The van der Waals surface area contributed by atoms with Crippen molar-refractivity contribution in [3.63, 3.8) is 0 Å². The van der Waals surface area contributed by atoms with Crippen LogP contribution in [0.5, 0.6) is 0 Å². The van der Waals surface area contributed by atoms with E-state index in [1.165, 1.54) is 24.3 Å². The Labute approximate surface area is 185 Å². The van der Waals surface area contributed by atoms with Crippen LogP contribution in [-0.4, -0.2) is 52.4 Å². The van der Waals surface area contributed by atoms with Crippen LogP contribution < -0.4 is 0 Å². The maximum Gasteiger partial charge on any atom is 0.330 e. The van der Waals surface area contributed by atoms with Crippen molar-refractivity contribution in [3.8, 4) is 0 Å².